The molecule has 0 bridgehead atoms. The number of rotatable bonds is 4. The first kappa shape index (κ1) is 14.1. The van der Waals surface area contributed by atoms with Gasteiger partial charge in [0.05, 0.1) is 6.20 Å². The summed E-state index contributed by atoms with van der Waals surface area (Å²) in [6, 6.07) is 2.74. The highest BCUT2D eigenvalue weighted by Crippen LogP contribution is 2.29. The van der Waals surface area contributed by atoms with Gasteiger partial charge in [-0.1, -0.05) is 13.8 Å². The van der Waals surface area contributed by atoms with Crippen LogP contribution in [-0.4, -0.2) is 35.3 Å². The Morgan fingerprint density at radius 2 is 2.05 bits per heavy atom. The van der Waals surface area contributed by atoms with Crippen molar-refractivity contribution < 1.29 is 9.18 Å². The van der Waals surface area contributed by atoms with Gasteiger partial charge in [0.2, 0.25) is 0 Å². The van der Waals surface area contributed by atoms with Crippen molar-refractivity contribution in [2.75, 3.05) is 19.6 Å². The van der Waals surface area contributed by atoms with Crippen LogP contribution in [0.1, 0.15) is 43.6 Å². The Labute approximate surface area is 113 Å². The first-order valence-corrected chi connectivity index (χ1v) is 6.83. The van der Waals surface area contributed by atoms with Gasteiger partial charge in [0, 0.05) is 13.0 Å². The lowest BCUT2D eigenvalue weighted by molar-refractivity contribution is 0.0922. The van der Waals surface area contributed by atoms with Crippen molar-refractivity contribution in [3.05, 3.63) is 29.8 Å². The lowest BCUT2D eigenvalue weighted by atomic mass is 9.82. The van der Waals surface area contributed by atoms with Gasteiger partial charge in [-0.15, -0.1) is 0 Å². The first-order chi connectivity index (χ1) is 8.96. The van der Waals surface area contributed by atoms with Crippen molar-refractivity contribution in [1.29, 1.82) is 0 Å². The molecule has 1 aromatic heterocycles. The lowest BCUT2D eigenvalue weighted by Gasteiger charge is -2.36. The molecule has 3 nitrogen and oxygen atoms in total. The summed E-state index contributed by atoms with van der Waals surface area (Å²) in [5.74, 6) is -0.417. The average molecular weight is 264 g/mol. The Hall–Kier alpha value is -1.29. The van der Waals surface area contributed by atoms with Gasteiger partial charge >= 0.3 is 0 Å². The van der Waals surface area contributed by atoms with Gasteiger partial charge in [-0.05, 0) is 43.5 Å². The summed E-state index contributed by atoms with van der Waals surface area (Å²) < 4.78 is 12.7. The maximum absolute atomic E-state index is 12.7. The molecule has 1 saturated heterocycles. The van der Waals surface area contributed by atoms with Crippen LogP contribution in [0, 0.1) is 11.2 Å². The molecule has 0 amide bonds. The molecule has 1 aromatic rings. The smallest absolute Gasteiger partial charge is 0.182 e. The SMILES string of the molecule is CC1(C)CCN(CCC(=O)c2ccc(F)cn2)CC1. The number of ketones is 1. The summed E-state index contributed by atoms with van der Waals surface area (Å²) in [5.41, 5.74) is 0.790. The van der Waals surface area contributed by atoms with Crippen molar-refractivity contribution in [3.8, 4) is 0 Å². The number of likely N-dealkylation sites (tertiary alicyclic amines) is 1. The fourth-order valence-corrected chi connectivity index (χ4v) is 2.31. The van der Waals surface area contributed by atoms with E-state index in [1.54, 1.807) is 0 Å². The van der Waals surface area contributed by atoms with E-state index in [1.165, 1.54) is 25.0 Å². The van der Waals surface area contributed by atoms with E-state index in [0.717, 1.165) is 25.8 Å². The first-order valence-electron chi connectivity index (χ1n) is 6.83. The molecular weight excluding hydrogens is 243 g/mol. The quantitative estimate of drug-likeness (QED) is 0.784. The Bertz CT molecular complexity index is 432. The molecule has 1 fully saturated rings. The third kappa shape index (κ3) is 4.10. The zero-order valence-electron chi connectivity index (χ0n) is 11.7. The Kier molecular flexibility index (Phi) is 4.30. The Balaban J connectivity index is 1.80. The number of halogens is 1. The number of piperidine rings is 1. The van der Waals surface area contributed by atoms with Gasteiger partial charge in [0.25, 0.3) is 0 Å². The summed E-state index contributed by atoms with van der Waals surface area (Å²) in [7, 11) is 0. The number of hydrogen-bond donors (Lipinski definition) is 0. The maximum Gasteiger partial charge on any atom is 0.182 e. The molecule has 1 aliphatic heterocycles. The number of pyridine rings is 1. The molecule has 1 aliphatic rings. The van der Waals surface area contributed by atoms with Crippen LogP contribution in [0.15, 0.2) is 18.3 Å². The molecule has 2 rings (SSSR count). The molecule has 0 aromatic carbocycles. The molecule has 0 radical (unpaired) electrons. The predicted octanol–water partition coefficient (Wildman–Crippen LogP) is 2.92. The van der Waals surface area contributed by atoms with E-state index in [0.29, 0.717) is 17.5 Å². The monoisotopic (exact) mass is 264 g/mol. The standard InChI is InChI=1S/C15H21FN2O/c1-15(2)6-9-18(10-7-15)8-5-14(19)13-4-3-12(16)11-17-13/h3-4,11H,5-10H2,1-2H3. The predicted molar refractivity (Wildman–Crippen MR) is 72.6 cm³/mol. The van der Waals surface area contributed by atoms with E-state index >= 15 is 0 Å². The number of carbonyl (C=O) groups is 1. The van der Waals surface area contributed by atoms with Crippen molar-refractivity contribution >= 4 is 5.78 Å². The molecule has 0 saturated carbocycles. The highest BCUT2D eigenvalue weighted by atomic mass is 19.1. The minimum atomic E-state index is -0.408. The summed E-state index contributed by atoms with van der Waals surface area (Å²) in [4.78, 5) is 18.1. The molecule has 4 heteroatoms. The molecular formula is C15H21FN2O. The van der Waals surface area contributed by atoms with Crippen LogP contribution in [0.3, 0.4) is 0 Å². The van der Waals surface area contributed by atoms with E-state index < -0.39 is 5.82 Å². The second kappa shape index (κ2) is 5.78. The van der Waals surface area contributed by atoms with E-state index in [9.17, 15) is 9.18 Å². The topological polar surface area (TPSA) is 33.2 Å². The van der Waals surface area contributed by atoms with Crippen molar-refractivity contribution in [2.24, 2.45) is 5.41 Å². The number of hydrogen-bond acceptors (Lipinski definition) is 3. The van der Waals surface area contributed by atoms with Gasteiger partial charge in [0.15, 0.2) is 5.78 Å². The number of Topliss-reactive ketones (excluding diaryl/α,β-unsaturated/α-hetero) is 1. The lowest BCUT2D eigenvalue weighted by Crippen LogP contribution is -2.38. The average Bonchev–Trinajstić information content (AvgIpc) is 2.38. The van der Waals surface area contributed by atoms with Crippen LogP contribution in [0.2, 0.25) is 0 Å². The fourth-order valence-electron chi connectivity index (χ4n) is 2.31. The van der Waals surface area contributed by atoms with Gasteiger partial charge in [-0.2, -0.15) is 0 Å². The third-order valence-corrected chi connectivity index (χ3v) is 3.88. The molecule has 104 valence electrons. The van der Waals surface area contributed by atoms with Gasteiger partial charge in [-0.25, -0.2) is 4.39 Å². The van der Waals surface area contributed by atoms with Gasteiger partial charge in [0.1, 0.15) is 11.5 Å². The van der Waals surface area contributed by atoms with Crippen LogP contribution in [0.5, 0.6) is 0 Å². The van der Waals surface area contributed by atoms with Crippen LogP contribution in [-0.2, 0) is 0 Å². The zero-order chi connectivity index (χ0) is 13.9. The zero-order valence-corrected chi connectivity index (χ0v) is 11.7. The second-order valence-electron chi connectivity index (χ2n) is 6.04. The van der Waals surface area contributed by atoms with Crippen molar-refractivity contribution in [1.82, 2.24) is 9.88 Å². The van der Waals surface area contributed by atoms with Gasteiger partial charge < -0.3 is 4.90 Å². The second-order valence-corrected chi connectivity index (χ2v) is 6.04. The molecule has 0 spiro atoms. The fraction of sp³-hybridized carbons (Fsp3) is 0.600. The van der Waals surface area contributed by atoms with Crippen LogP contribution < -0.4 is 0 Å². The molecule has 0 unspecified atom stereocenters. The summed E-state index contributed by atoms with van der Waals surface area (Å²) >= 11 is 0. The molecule has 0 aliphatic carbocycles. The van der Waals surface area contributed by atoms with E-state index in [2.05, 4.69) is 23.7 Å². The normalized spacial score (nSPS) is 19.3. The number of aromatic nitrogens is 1. The van der Waals surface area contributed by atoms with Crippen LogP contribution >= 0.6 is 0 Å². The largest absolute Gasteiger partial charge is 0.303 e. The molecule has 19 heavy (non-hydrogen) atoms. The van der Waals surface area contributed by atoms with Crippen LogP contribution in [0.25, 0.3) is 0 Å². The van der Waals surface area contributed by atoms with Crippen molar-refractivity contribution in [2.45, 2.75) is 33.1 Å². The summed E-state index contributed by atoms with van der Waals surface area (Å²) in [6.07, 6.45) is 3.90. The number of carbonyl (C=O) groups excluding carboxylic acids is 1. The highest BCUT2D eigenvalue weighted by molar-refractivity contribution is 5.94. The molecule has 0 atom stereocenters. The molecule has 0 N–H and O–H groups in total. The van der Waals surface area contributed by atoms with E-state index in [4.69, 9.17) is 0 Å². The summed E-state index contributed by atoms with van der Waals surface area (Å²) in [5, 5.41) is 0. The Morgan fingerprint density at radius 3 is 2.63 bits per heavy atom. The third-order valence-electron chi connectivity index (χ3n) is 3.88. The highest BCUT2D eigenvalue weighted by Gasteiger charge is 2.25. The number of nitrogens with zero attached hydrogens (tertiary/aromatic N) is 2. The maximum atomic E-state index is 12.7. The van der Waals surface area contributed by atoms with Crippen molar-refractivity contribution in [3.63, 3.8) is 0 Å². The minimum absolute atomic E-state index is 0.00941. The van der Waals surface area contributed by atoms with Gasteiger partial charge in [-0.3, -0.25) is 9.78 Å². The van der Waals surface area contributed by atoms with E-state index in [-0.39, 0.29) is 5.78 Å². The minimum Gasteiger partial charge on any atom is -0.303 e. The van der Waals surface area contributed by atoms with E-state index in [1.807, 2.05) is 0 Å². The Morgan fingerprint density at radius 1 is 1.37 bits per heavy atom. The molecule has 2 heterocycles. The summed E-state index contributed by atoms with van der Waals surface area (Å²) in [6.45, 7) is 7.46. The van der Waals surface area contributed by atoms with Crippen LogP contribution in [0.4, 0.5) is 4.39 Å².